The summed E-state index contributed by atoms with van der Waals surface area (Å²) >= 11 is 0. The first-order chi connectivity index (χ1) is 11.1. The molecule has 1 heterocycles. The lowest BCUT2D eigenvalue weighted by atomic mass is 10.1. The van der Waals surface area contributed by atoms with Crippen molar-refractivity contribution in [3.8, 4) is 5.75 Å². The largest absolute Gasteiger partial charge is 0.489 e. The fraction of sp³-hybridized carbons (Fsp3) is 0.529. The van der Waals surface area contributed by atoms with Gasteiger partial charge in [-0.2, -0.15) is 0 Å². The Hall–Kier alpha value is -1.34. The summed E-state index contributed by atoms with van der Waals surface area (Å²) in [6.07, 6.45) is 4.19. The van der Waals surface area contributed by atoms with E-state index in [4.69, 9.17) is 4.74 Å². The van der Waals surface area contributed by atoms with E-state index in [9.17, 15) is 16.8 Å². The third-order valence-corrected chi connectivity index (χ3v) is 10.5. The minimum absolute atomic E-state index is 0.0966. The van der Waals surface area contributed by atoms with E-state index in [1.54, 1.807) is 6.92 Å². The van der Waals surface area contributed by atoms with E-state index in [1.165, 1.54) is 26.3 Å². The molecule has 0 radical (unpaired) electrons. The quantitative estimate of drug-likeness (QED) is 0.791. The van der Waals surface area contributed by atoms with Crippen LogP contribution in [0.5, 0.6) is 5.75 Å². The van der Waals surface area contributed by atoms with Gasteiger partial charge in [0.15, 0.2) is 23.8 Å². The number of ether oxygens (including phenoxy) is 1. The standard InChI is InChI=1S/C9H8O.C8H18O4S2/c1-2-6-9-8(4-1)5-3-7-10-9;1-5-8(4,13(9,10)6-2)14(11,12)7-3/h1-6H,7H2;5-7H2,1-4H3. The van der Waals surface area contributed by atoms with E-state index in [-0.39, 0.29) is 17.9 Å². The second-order valence-electron chi connectivity index (χ2n) is 5.55. The molecular formula is C17H26O5S2. The monoisotopic (exact) mass is 374 g/mol. The molecule has 0 N–H and O–H groups in total. The zero-order valence-corrected chi connectivity index (χ0v) is 16.3. The van der Waals surface area contributed by atoms with E-state index in [1.807, 2.05) is 30.3 Å². The van der Waals surface area contributed by atoms with Crippen LogP contribution in [0.4, 0.5) is 0 Å². The van der Waals surface area contributed by atoms with E-state index in [2.05, 4.69) is 6.08 Å². The van der Waals surface area contributed by atoms with Gasteiger partial charge in [0, 0.05) is 17.1 Å². The number of hydrogen-bond donors (Lipinski definition) is 0. The van der Waals surface area contributed by atoms with Crippen molar-refractivity contribution in [1.29, 1.82) is 0 Å². The number of fused-ring (bicyclic) bond motifs is 1. The molecule has 1 aliphatic heterocycles. The van der Waals surface area contributed by atoms with Crippen LogP contribution in [0, 0.1) is 0 Å². The Kier molecular flexibility index (Phi) is 7.04. The summed E-state index contributed by atoms with van der Waals surface area (Å²) in [4.78, 5) is 0. The van der Waals surface area contributed by atoms with Gasteiger partial charge in [0.1, 0.15) is 12.4 Å². The van der Waals surface area contributed by atoms with E-state index in [0.29, 0.717) is 6.61 Å². The van der Waals surface area contributed by atoms with Gasteiger partial charge in [0.05, 0.1) is 0 Å². The molecule has 7 heteroatoms. The van der Waals surface area contributed by atoms with Crippen LogP contribution in [-0.2, 0) is 19.7 Å². The molecule has 0 unspecified atom stereocenters. The summed E-state index contributed by atoms with van der Waals surface area (Å²) in [7, 11) is -7.14. The van der Waals surface area contributed by atoms with Crippen LogP contribution in [0.1, 0.15) is 39.7 Å². The van der Waals surface area contributed by atoms with Crippen molar-refractivity contribution in [2.45, 2.75) is 38.2 Å². The SMILES string of the molecule is C1=Cc2ccccc2OC1.CCC(C)(S(=O)(=O)CC)S(=O)(=O)CC. The zero-order valence-electron chi connectivity index (χ0n) is 14.7. The maximum atomic E-state index is 11.7. The van der Waals surface area contributed by atoms with E-state index in [0.717, 1.165) is 5.75 Å². The third-order valence-electron chi connectivity index (χ3n) is 4.27. The summed E-state index contributed by atoms with van der Waals surface area (Å²) in [6.45, 7) is 6.52. The first-order valence-electron chi connectivity index (χ1n) is 7.98. The Morgan fingerprint density at radius 1 is 1.00 bits per heavy atom. The molecule has 2 rings (SSSR count). The van der Waals surface area contributed by atoms with Crippen molar-refractivity contribution in [2.75, 3.05) is 18.1 Å². The third kappa shape index (κ3) is 4.19. The van der Waals surface area contributed by atoms with Crippen LogP contribution in [-0.4, -0.2) is 39.0 Å². The normalized spacial score (nSPS) is 14.2. The highest BCUT2D eigenvalue weighted by atomic mass is 32.3. The lowest BCUT2D eigenvalue weighted by molar-refractivity contribution is 0.358. The van der Waals surface area contributed by atoms with Gasteiger partial charge in [-0.05, 0) is 25.5 Å². The minimum Gasteiger partial charge on any atom is -0.489 e. The number of sulfone groups is 2. The van der Waals surface area contributed by atoms with Crippen LogP contribution >= 0.6 is 0 Å². The molecule has 1 aromatic carbocycles. The first-order valence-corrected chi connectivity index (χ1v) is 11.3. The topological polar surface area (TPSA) is 77.5 Å². The Morgan fingerprint density at radius 2 is 1.54 bits per heavy atom. The van der Waals surface area contributed by atoms with Gasteiger partial charge in [-0.3, -0.25) is 0 Å². The highest BCUT2D eigenvalue weighted by Crippen LogP contribution is 2.29. The molecule has 0 amide bonds. The minimum atomic E-state index is -3.57. The first kappa shape index (κ1) is 20.7. The molecule has 0 saturated heterocycles. The number of hydrogen-bond acceptors (Lipinski definition) is 5. The maximum Gasteiger partial charge on any atom is 0.170 e. The smallest absolute Gasteiger partial charge is 0.170 e. The van der Waals surface area contributed by atoms with Gasteiger partial charge in [-0.1, -0.05) is 45.0 Å². The van der Waals surface area contributed by atoms with Gasteiger partial charge in [0.2, 0.25) is 0 Å². The molecule has 0 aromatic heterocycles. The fourth-order valence-electron chi connectivity index (χ4n) is 2.31. The summed E-state index contributed by atoms with van der Waals surface area (Å²) in [5.41, 5.74) is 1.17. The number of benzene rings is 1. The average molecular weight is 375 g/mol. The molecule has 1 aliphatic rings. The molecule has 136 valence electrons. The van der Waals surface area contributed by atoms with Crippen molar-refractivity contribution in [3.05, 3.63) is 35.9 Å². The van der Waals surface area contributed by atoms with Crippen molar-refractivity contribution in [1.82, 2.24) is 0 Å². The number of para-hydroxylation sites is 1. The molecule has 0 fully saturated rings. The van der Waals surface area contributed by atoms with Crippen LogP contribution in [0.15, 0.2) is 30.3 Å². The van der Waals surface area contributed by atoms with Gasteiger partial charge in [0.25, 0.3) is 0 Å². The van der Waals surface area contributed by atoms with Crippen LogP contribution in [0.3, 0.4) is 0 Å². The summed E-state index contributed by atoms with van der Waals surface area (Å²) in [6, 6.07) is 8.03. The molecule has 0 aliphatic carbocycles. The van der Waals surface area contributed by atoms with Gasteiger partial charge in [-0.25, -0.2) is 16.8 Å². The zero-order chi connectivity index (χ0) is 18.4. The fourth-order valence-corrected chi connectivity index (χ4v) is 6.66. The van der Waals surface area contributed by atoms with Gasteiger partial charge in [-0.15, -0.1) is 0 Å². The molecule has 0 atom stereocenters. The van der Waals surface area contributed by atoms with Crippen molar-refractivity contribution < 1.29 is 21.6 Å². The Balaban J connectivity index is 0.000000250. The predicted molar refractivity (Wildman–Crippen MR) is 98.6 cm³/mol. The molecule has 0 spiro atoms. The van der Waals surface area contributed by atoms with Gasteiger partial charge >= 0.3 is 0 Å². The van der Waals surface area contributed by atoms with Crippen molar-refractivity contribution >= 4 is 25.8 Å². The second kappa shape index (κ2) is 8.16. The lowest BCUT2D eigenvalue weighted by Gasteiger charge is -2.26. The molecule has 0 bridgehead atoms. The van der Waals surface area contributed by atoms with Gasteiger partial charge < -0.3 is 4.74 Å². The lowest BCUT2D eigenvalue weighted by Crippen LogP contribution is -2.44. The summed E-state index contributed by atoms with van der Waals surface area (Å²) < 4.78 is 50.4. The van der Waals surface area contributed by atoms with Crippen LogP contribution < -0.4 is 4.74 Å². The van der Waals surface area contributed by atoms with E-state index < -0.39 is 23.8 Å². The second-order valence-corrected chi connectivity index (χ2v) is 11.2. The Labute approximate surface area is 145 Å². The summed E-state index contributed by atoms with van der Waals surface area (Å²) in [5.74, 6) is 0.706. The van der Waals surface area contributed by atoms with Crippen LogP contribution in [0.2, 0.25) is 0 Å². The summed E-state index contributed by atoms with van der Waals surface area (Å²) in [5, 5.41) is 0. The highest BCUT2D eigenvalue weighted by Gasteiger charge is 2.47. The average Bonchev–Trinajstić information content (AvgIpc) is 2.61. The van der Waals surface area contributed by atoms with Crippen LogP contribution in [0.25, 0.3) is 6.08 Å². The molecule has 24 heavy (non-hydrogen) atoms. The maximum absolute atomic E-state index is 11.7. The molecular weight excluding hydrogens is 348 g/mol. The Morgan fingerprint density at radius 3 is 2.00 bits per heavy atom. The molecule has 5 nitrogen and oxygen atoms in total. The highest BCUT2D eigenvalue weighted by molar-refractivity contribution is 8.10. The molecule has 0 saturated carbocycles. The predicted octanol–water partition coefficient (Wildman–Crippen LogP) is 3.07. The number of rotatable bonds is 5. The van der Waals surface area contributed by atoms with Crippen molar-refractivity contribution in [2.24, 2.45) is 0 Å². The molecule has 1 aromatic rings. The Bertz CT molecular complexity index is 743. The van der Waals surface area contributed by atoms with Crippen molar-refractivity contribution in [3.63, 3.8) is 0 Å². The van der Waals surface area contributed by atoms with E-state index >= 15 is 0 Å².